The monoisotopic (exact) mass is 257 g/mol. The van der Waals surface area contributed by atoms with Crippen molar-refractivity contribution in [1.29, 1.82) is 0 Å². The molecular weight excluding hydrogens is 234 g/mol. The maximum absolute atomic E-state index is 12.2. The van der Waals surface area contributed by atoms with Crippen molar-refractivity contribution in [1.82, 2.24) is 5.32 Å². The second-order valence-corrected chi connectivity index (χ2v) is 7.12. The second-order valence-electron chi connectivity index (χ2n) is 6.85. The number of amides is 1. The van der Waals surface area contributed by atoms with Crippen molar-refractivity contribution in [2.45, 2.75) is 58.4 Å². The Hall–Kier alpha value is -0.240. The van der Waals surface area contributed by atoms with Gasteiger partial charge in [-0.1, -0.05) is 33.6 Å². The van der Waals surface area contributed by atoms with E-state index >= 15 is 0 Å². The van der Waals surface area contributed by atoms with E-state index in [2.05, 4.69) is 26.1 Å². The fourth-order valence-electron chi connectivity index (χ4n) is 3.19. The van der Waals surface area contributed by atoms with Crippen LogP contribution in [0.2, 0.25) is 0 Å². The summed E-state index contributed by atoms with van der Waals surface area (Å²) in [6.45, 7) is 6.58. The summed E-state index contributed by atoms with van der Waals surface area (Å²) in [6, 6.07) is 0. The van der Waals surface area contributed by atoms with Crippen molar-refractivity contribution < 1.29 is 4.79 Å². The Kier molecular flexibility index (Phi) is 3.46. The summed E-state index contributed by atoms with van der Waals surface area (Å²) in [5, 5.41) is 3.26. The van der Waals surface area contributed by atoms with E-state index in [9.17, 15) is 4.79 Å². The van der Waals surface area contributed by atoms with E-state index in [1.807, 2.05) is 0 Å². The first-order valence-electron chi connectivity index (χ1n) is 6.77. The Morgan fingerprint density at radius 1 is 1.41 bits per heavy atom. The van der Waals surface area contributed by atoms with Gasteiger partial charge in [-0.05, 0) is 30.6 Å². The molecule has 3 unspecified atom stereocenters. The highest BCUT2D eigenvalue weighted by Gasteiger charge is 2.52. The van der Waals surface area contributed by atoms with Crippen LogP contribution in [0.1, 0.15) is 52.9 Å². The SMILES string of the molecule is CC1CCCC(CCl)(NC(=O)C2CC2(C)C)C1. The van der Waals surface area contributed by atoms with Gasteiger partial charge in [-0.3, -0.25) is 4.79 Å². The fourth-order valence-corrected chi connectivity index (χ4v) is 3.50. The Morgan fingerprint density at radius 2 is 2.06 bits per heavy atom. The van der Waals surface area contributed by atoms with E-state index in [4.69, 9.17) is 11.6 Å². The van der Waals surface area contributed by atoms with Gasteiger partial charge in [0.25, 0.3) is 0 Å². The summed E-state index contributed by atoms with van der Waals surface area (Å²) < 4.78 is 0. The maximum Gasteiger partial charge on any atom is 0.224 e. The number of nitrogens with one attached hydrogen (secondary N) is 1. The van der Waals surface area contributed by atoms with Crippen molar-refractivity contribution in [3.8, 4) is 0 Å². The molecule has 2 saturated carbocycles. The van der Waals surface area contributed by atoms with Gasteiger partial charge in [-0.15, -0.1) is 11.6 Å². The minimum Gasteiger partial charge on any atom is -0.349 e. The lowest BCUT2D eigenvalue weighted by molar-refractivity contribution is -0.125. The number of rotatable bonds is 3. The minimum atomic E-state index is -0.130. The lowest BCUT2D eigenvalue weighted by Crippen LogP contribution is -2.53. The Bertz CT molecular complexity index is 315. The van der Waals surface area contributed by atoms with Gasteiger partial charge in [0.2, 0.25) is 5.91 Å². The van der Waals surface area contributed by atoms with E-state index in [0.29, 0.717) is 11.8 Å². The van der Waals surface area contributed by atoms with Crippen molar-refractivity contribution in [3.63, 3.8) is 0 Å². The van der Waals surface area contributed by atoms with Gasteiger partial charge in [0.15, 0.2) is 0 Å². The first kappa shape index (κ1) is 13.2. The number of carbonyl (C=O) groups is 1. The molecule has 1 amide bonds. The Labute approximate surface area is 109 Å². The molecule has 2 fully saturated rings. The predicted octanol–water partition coefficient (Wildman–Crippen LogP) is 3.34. The number of halogens is 1. The molecule has 0 bridgehead atoms. The van der Waals surface area contributed by atoms with Crippen LogP contribution in [-0.4, -0.2) is 17.3 Å². The molecule has 0 spiro atoms. The highest BCUT2D eigenvalue weighted by atomic mass is 35.5. The second kappa shape index (κ2) is 4.46. The molecule has 2 aliphatic carbocycles. The molecule has 98 valence electrons. The van der Waals surface area contributed by atoms with Gasteiger partial charge in [0.1, 0.15) is 0 Å². The third-order valence-electron chi connectivity index (χ3n) is 4.57. The van der Waals surface area contributed by atoms with Crippen molar-refractivity contribution in [3.05, 3.63) is 0 Å². The molecule has 0 saturated heterocycles. The Morgan fingerprint density at radius 3 is 2.53 bits per heavy atom. The van der Waals surface area contributed by atoms with Crippen LogP contribution in [0.15, 0.2) is 0 Å². The number of alkyl halides is 1. The van der Waals surface area contributed by atoms with Crippen LogP contribution in [0.25, 0.3) is 0 Å². The molecule has 0 radical (unpaired) electrons. The summed E-state index contributed by atoms with van der Waals surface area (Å²) in [6.07, 6.45) is 5.55. The van der Waals surface area contributed by atoms with Crippen molar-refractivity contribution in [2.24, 2.45) is 17.3 Å². The van der Waals surface area contributed by atoms with Gasteiger partial charge in [0, 0.05) is 11.8 Å². The first-order chi connectivity index (χ1) is 7.88. The zero-order chi connectivity index (χ0) is 12.7. The highest BCUT2D eigenvalue weighted by Crippen LogP contribution is 2.52. The van der Waals surface area contributed by atoms with E-state index in [0.717, 1.165) is 19.3 Å². The lowest BCUT2D eigenvalue weighted by Gasteiger charge is -2.39. The van der Waals surface area contributed by atoms with Crippen LogP contribution < -0.4 is 5.32 Å². The molecule has 2 aliphatic rings. The topological polar surface area (TPSA) is 29.1 Å². The van der Waals surface area contributed by atoms with Crippen LogP contribution in [0.5, 0.6) is 0 Å². The number of carbonyl (C=O) groups excluding carboxylic acids is 1. The average molecular weight is 258 g/mol. The number of hydrogen-bond acceptors (Lipinski definition) is 1. The fraction of sp³-hybridized carbons (Fsp3) is 0.929. The molecule has 2 nitrogen and oxygen atoms in total. The zero-order valence-electron chi connectivity index (χ0n) is 11.2. The molecule has 1 N–H and O–H groups in total. The number of hydrogen-bond donors (Lipinski definition) is 1. The Balaban J connectivity index is 1.97. The summed E-state index contributed by atoms with van der Waals surface area (Å²) in [4.78, 5) is 12.2. The largest absolute Gasteiger partial charge is 0.349 e. The normalized spacial score (nSPS) is 39.8. The van der Waals surface area contributed by atoms with Crippen LogP contribution in [0, 0.1) is 17.3 Å². The van der Waals surface area contributed by atoms with Crippen LogP contribution in [0.3, 0.4) is 0 Å². The molecule has 0 heterocycles. The maximum atomic E-state index is 12.2. The third-order valence-corrected chi connectivity index (χ3v) is 5.08. The van der Waals surface area contributed by atoms with Crippen LogP contribution in [-0.2, 0) is 4.79 Å². The summed E-state index contributed by atoms with van der Waals surface area (Å²) in [5.74, 6) is 1.66. The molecule has 3 heteroatoms. The van der Waals surface area contributed by atoms with Gasteiger partial charge in [0.05, 0.1) is 5.54 Å². The molecule has 0 aromatic carbocycles. The lowest BCUT2D eigenvalue weighted by atomic mass is 9.77. The minimum absolute atomic E-state index is 0.130. The molecule has 0 aromatic heterocycles. The van der Waals surface area contributed by atoms with Gasteiger partial charge >= 0.3 is 0 Å². The van der Waals surface area contributed by atoms with Crippen LogP contribution >= 0.6 is 11.6 Å². The molecule has 17 heavy (non-hydrogen) atoms. The first-order valence-corrected chi connectivity index (χ1v) is 7.30. The van der Waals surface area contributed by atoms with Crippen molar-refractivity contribution in [2.75, 3.05) is 5.88 Å². The summed E-state index contributed by atoms with van der Waals surface area (Å²) in [5.41, 5.74) is 0.0762. The molecule has 2 rings (SSSR count). The van der Waals surface area contributed by atoms with Gasteiger partial charge in [-0.25, -0.2) is 0 Å². The molecule has 0 aromatic rings. The van der Waals surface area contributed by atoms with Crippen molar-refractivity contribution >= 4 is 17.5 Å². The van der Waals surface area contributed by atoms with E-state index < -0.39 is 0 Å². The van der Waals surface area contributed by atoms with E-state index in [1.165, 1.54) is 12.8 Å². The summed E-state index contributed by atoms with van der Waals surface area (Å²) >= 11 is 6.13. The third kappa shape index (κ3) is 2.78. The predicted molar refractivity (Wildman–Crippen MR) is 71.1 cm³/mol. The van der Waals surface area contributed by atoms with E-state index in [1.54, 1.807) is 0 Å². The summed E-state index contributed by atoms with van der Waals surface area (Å²) in [7, 11) is 0. The van der Waals surface area contributed by atoms with Gasteiger partial charge < -0.3 is 5.32 Å². The van der Waals surface area contributed by atoms with Crippen LogP contribution in [0.4, 0.5) is 0 Å². The zero-order valence-corrected chi connectivity index (χ0v) is 11.9. The molecule has 3 atom stereocenters. The smallest absolute Gasteiger partial charge is 0.224 e. The standard InChI is InChI=1S/C14H24ClNO/c1-10-5-4-6-14(7-10,9-15)16-12(17)11-8-13(11,2)3/h10-11H,4-9H2,1-3H3,(H,16,17). The quantitative estimate of drug-likeness (QED) is 0.772. The average Bonchev–Trinajstić information content (AvgIpc) is 2.88. The van der Waals surface area contributed by atoms with Gasteiger partial charge in [-0.2, -0.15) is 0 Å². The van der Waals surface area contributed by atoms with E-state index in [-0.39, 0.29) is 22.8 Å². The molecular formula is C14H24ClNO. The highest BCUT2D eigenvalue weighted by molar-refractivity contribution is 6.18. The molecule has 0 aliphatic heterocycles.